The Morgan fingerprint density at radius 2 is 1.80 bits per heavy atom. The molecule has 3 heterocycles. The Balaban J connectivity index is 1.66. The molecule has 0 aliphatic carbocycles. The zero-order chi connectivity index (χ0) is 17.1. The summed E-state index contributed by atoms with van der Waals surface area (Å²) in [5, 5.41) is 21.1. The number of hydrogen-bond acceptors (Lipinski definition) is 6. The highest BCUT2D eigenvalue weighted by Crippen LogP contribution is 2.45. The van der Waals surface area contributed by atoms with Crippen molar-refractivity contribution in [2.45, 2.75) is 12.8 Å². The van der Waals surface area contributed by atoms with Crippen LogP contribution in [0.25, 0.3) is 9.75 Å². The van der Waals surface area contributed by atoms with Gasteiger partial charge in [0.1, 0.15) is 10.7 Å². The predicted octanol–water partition coefficient (Wildman–Crippen LogP) is 6.36. The van der Waals surface area contributed by atoms with Crippen molar-refractivity contribution in [3.05, 3.63) is 53.4 Å². The summed E-state index contributed by atoms with van der Waals surface area (Å²) in [6.07, 6.45) is 2.47. The molecule has 0 bridgehead atoms. The standard InChI is InChI=1S/C19H16N4S2/c20-13-14-5-7-15(8-6-14)21-22-16-12-18(17-4-3-11-24-17)25-19(16)23-9-1-2-10-23/h3-8,11-12H,1-2,9-10H2. The smallest absolute Gasteiger partial charge is 0.121 e. The molecule has 4 rings (SSSR count). The molecule has 0 saturated carbocycles. The lowest BCUT2D eigenvalue weighted by atomic mass is 10.2. The molecular formula is C19H16N4S2. The number of nitrogens with zero attached hydrogens (tertiary/aromatic N) is 4. The molecule has 124 valence electrons. The third-order valence-electron chi connectivity index (χ3n) is 4.12. The Labute approximate surface area is 154 Å². The molecule has 1 aliphatic heterocycles. The van der Waals surface area contributed by atoms with E-state index in [1.54, 1.807) is 34.8 Å². The zero-order valence-electron chi connectivity index (χ0n) is 13.6. The Morgan fingerprint density at radius 3 is 2.48 bits per heavy atom. The summed E-state index contributed by atoms with van der Waals surface area (Å²) >= 11 is 3.54. The number of anilines is 1. The van der Waals surface area contributed by atoms with Crippen LogP contribution in [0.4, 0.5) is 16.4 Å². The lowest BCUT2D eigenvalue weighted by Gasteiger charge is -2.15. The van der Waals surface area contributed by atoms with Crippen LogP contribution in [0, 0.1) is 11.3 Å². The number of hydrogen-bond donors (Lipinski definition) is 0. The van der Waals surface area contributed by atoms with Gasteiger partial charge in [-0.1, -0.05) is 6.07 Å². The van der Waals surface area contributed by atoms with Crippen molar-refractivity contribution in [2.24, 2.45) is 10.2 Å². The maximum absolute atomic E-state index is 8.88. The van der Waals surface area contributed by atoms with E-state index in [2.05, 4.69) is 44.8 Å². The quantitative estimate of drug-likeness (QED) is 0.505. The van der Waals surface area contributed by atoms with Crippen molar-refractivity contribution >= 4 is 39.0 Å². The number of nitriles is 1. The minimum absolute atomic E-state index is 0.632. The predicted molar refractivity (Wildman–Crippen MR) is 104 cm³/mol. The number of thiophene rings is 2. The van der Waals surface area contributed by atoms with E-state index in [1.165, 1.54) is 27.6 Å². The van der Waals surface area contributed by atoms with E-state index < -0.39 is 0 Å². The van der Waals surface area contributed by atoms with Crippen LogP contribution in [-0.2, 0) is 0 Å². The van der Waals surface area contributed by atoms with Crippen LogP contribution in [0.3, 0.4) is 0 Å². The summed E-state index contributed by atoms with van der Waals surface area (Å²) < 4.78 is 0. The fourth-order valence-corrected chi connectivity index (χ4v) is 4.81. The van der Waals surface area contributed by atoms with Gasteiger partial charge in [-0.15, -0.1) is 27.8 Å². The van der Waals surface area contributed by atoms with Gasteiger partial charge in [-0.3, -0.25) is 0 Å². The molecule has 2 aromatic heterocycles. The van der Waals surface area contributed by atoms with Gasteiger partial charge < -0.3 is 4.90 Å². The van der Waals surface area contributed by atoms with Crippen molar-refractivity contribution in [1.29, 1.82) is 5.26 Å². The highest BCUT2D eigenvalue weighted by atomic mass is 32.1. The Morgan fingerprint density at radius 1 is 1.00 bits per heavy atom. The molecule has 4 nitrogen and oxygen atoms in total. The van der Waals surface area contributed by atoms with Gasteiger partial charge in [-0.05, 0) is 54.6 Å². The van der Waals surface area contributed by atoms with E-state index in [1.807, 2.05) is 12.1 Å². The molecule has 1 fully saturated rings. The average Bonchev–Trinajstić information content (AvgIpc) is 3.41. The van der Waals surface area contributed by atoms with Gasteiger partial charge in [0.2, 0.25) is 0 Å². The second-order valence-electron chi connectivity index (χ2n) is 5.83. The van der Waals surface area contributed by atoms with E-state index in [-0.39, 0.29) is 0 Å². The molecule has 1 aromatic carbocycles. The maximum Gasteiger partial charge on any atom is 0.121 e. The van der Waals surface area contributed by atoms with Crippen molar-refractivity contribution < 1.29 is 0 Å². The third-order valence-corrected chi connectivity index (χ3v) is 6.37. The summed E-state index contributed by atoms with van der Waals surface area (Å²) in [6.45, 7) is 2.17. The van der Waals surface area contributed by atoms with Gasteiger partial charge >= 0.3 is 0 Å². The fourth-order valence-electron chi connectivity index (χ4n) is 2.84. The number of rotatable bonds is 4. The van der Waals surface area contributed by atoms with Crippen molar-refractivity contribution in [1.82, 2.24) is 0 Å². The lowest BCUT2D eigenvalue weighted by Crippen LogP contribution is -2.16. The monoisotopic (exact) mass is 364 g/mol. The highest BCUT2D eigenvalue weighted by molar-refractivity contribution is 7.24. The molecule has 1 aliphatic rings. The average molecular weight is 364 g/mol. The van der Waals surface area contributed by atoms with Gasteiger partial charge in [-0.2, -0.15) is 10.4 Å². The molecule has 1 saturated heterocycles. The van der Waals surface area contributed by atoms with Crippen molar-refractivity contribution in [2.75, 3.05) is 18.0 Å². The van der Waals surface area contributed by atoms with Gasteiger partial charge in [0.15, 0.2) is 0 Å². The second-order valence-corrected chi connectivity index (χ2v) is 7.81. The largest absolute Gasteiger partial charge is 0.362 e. The minimum atomic E-state index is 0.632. The molecule has 0 N–H and O–H groups in total. The maximum atomic E-state index is 8.88. The molecule has 0 radical (unpaired) electrons. The first-order chi connectivity index (χ1) is 12.3. The number of azo groups is 1. The first kappa shape index (κ1) is 16.0. The van der Waals surface area contributed by atoms with Crippen LogP contribution in [0.1, 0.15) is 18.4 Å². The zero-order valence-corrected chi connectivity index (χ0v) is 15.2. The Hall–Kier alpha value is -2.49. The van der Waals surface area contributed by atoms with Crippen LogP contribution in [-0.4, -0.2) is 13.1 Å². The highest BCUT2D eigenvalue weighted by Gasteiger charge is 2.20. The Bertz CT molecular complexity index is 911. The van der Waals surface area contributed by atoms with Gasteiger partial charge in [0.05, 0.1) is 17.3 Å². The second kappa shape index (κ2) is 7.18. The van der Waals surface area contributed by atoms with E-state index in [0.29, 0.717) is 5.56 Å². The minimum Gasteiger partial charge on any atom is -0.362 e. The first-order valence-electron chi connectivity index (χ1n) is 8.18. The molecule has 0 spiro atoms. The van der Waals surface area contributed by atoms with E-state index in [9.17, 15) is 0 Å². The van der Waals surface area contributed by atoms with Gasteiger partial charge in [0.25, 0.3) is 0 Å². The lowest BCUT2D eigenvalue weighted by molar-refractivity contribution is 0.949. The topological polar surface area (TPSA) is 51.8 Å². The SMILES string of the molecule is N#Cc1ccc(N=Nc2cc(-c3cccs3)sc2N2CCCC2)cc1. The van der Waals surface area contributed by atoms with Crippen molar-refractivity contribution in [3.63, 3.8) is 0 Å². The summed E-state index contributed by atoms with van der Waals surface area (Å²) in [6, 6.07) is 15.7. The van der Waals surface area contributed by atoms with Crippen molar-refractivity contribution in [3.8, 4) is 15.8 Å². The molecule has 6 heteroatoms. The van der Waals surface area contributed by atoms with Gasteiger partial charge in [0, 0.05) is 22.8 Å². The molecular weight excluding hydrogens is 348 g/mol. The summed E-state index contributed by atoms with van der Waals surface area (Å²) in [5.74, 6) is 0. The molecule has 0 amide bonds. The van der Waals surface area contributed by atoms with Crippen LogP contribution in [0.5, 0.6) is 0 Å². The first-order valence-corrected chi connectivity index (χ1v) is 9.88. The van der Waals surface area contributed by atoms with Crippen LogP contribution < -0.4 is 4.90 Å². The molecule has 0 unspecified atom stereocenters. The fraction of sp³-hybridized carbons (Fsp3) is 0.211. The van der Waals surface area contributed by atoms with E-state index in [4.69, 9.17) is 5.26 Å². The van der Waals surface area contributed by atoms with Gasteiger partial charge in [-0.25, -0.2) is 0 Å². The number of benzene rings is 1. The van der Waals surface area contributed by atoms with Crippen LogP contribution in [0.15, 0.2) is 58.1 Å². The Kier molecular flexibility index (Phi) is 4.59. The summed E-state index contributed by atoms with van der Waals surface area (Å²) in [4.78, 5) is 4.92. The third kappa shape index (κ3) is 3.48. The normalized spacial score (nSPS) is 14.3. The van der Waals surface area contributed by atoms with E-state index >= 15 is 0 Å². The summed E-state index contributed by atoms with van der Waals surface area (Å²) in [5.41, 5.74) is 2.32. The van der Waals surface area contributed by atoms with Crippen LogP contribution >= 0.6 is 22.7 Å². The van der Waals surface area contributed by atoms with Crippen LogP contribution in [0.2, 0.25) is 0 Å². The molecule has 3 aromatic rings. The molecule has 25 heavy (non-hydrogen) atoms. The van der Waals surface area contributed by atoms with E-state index in [0.717, 1.165) is 24.5 Å². The summed E-state index contributed by atoms with van der Waals surface area (Å²) in [7, 11) is 0. The molecule has 0 atom stereocenters.